The number of fused-ring (bicyclic) bond motifs is 6. The van der Waals surface area contributed by atoms with Crippen molar-refractivity contribution in [1.29, 1.82) is 0 Å². The smallest absolute Gasteiger partial charge is 0.0713 e. The lowest BCUT2D eigenvalue weighted by molar-refractivity contribution is 0.768. The van der Waals surface area contributed by atoms with Crippen LogP contribution in [0.15, 0.2) is 261 Å². The Labute approximate surface area is 374 Å². The summed E-state index contributed by atoms with van der Waals surface area (Å²) in [7, 11) is 0. The van der Waals surface area contributed by atoms with E-state index in [0.717, 1.165) is 17.1 Å². The zero-order valence-corrected chi connectivity index (χ0v) is 35.3. The molecule has 0 heterocycles. The van der Waals surface area contributed by atoms with Gasteiger partial charge in [0.25, 0.3) is 0 Å². The minimum atomic E-state index is -0.492. The molecule has 0 unspecified atom stereocenters. The number of rotatable bonds is 8. The molecule has 0 bridgehead atoms. The van der Waals surface area contributed by atoms with Crippen molar-refractivity contribution < 1.29 is 0 Å². The molecule has 0 saturated carbocycles. The first-order valence-corrected chi connectivity index (χ1v) is 22.2. The van der Waals surface area contributed by atoms with E-state index >= 15 is 0 Å². The quantitative estimate of drug-likeness (QED) is 0.138. The second-order valence-corrected chi connectivity index (χ2v) is 16.8. The van der Waals surface area contributed by atoms with E-state index in [9.17, 15) is 0 Å². The van der Waals surface area contributed by atoms with Gasteiger partial charge in [0.15, 0.2) is 0 Å². The predicted molar refractivity (Wildman–Crippen MR) is 270 cm³/mol. The van der Waals surface area contributed by atoms with Gasteiger partial charge in [-0.05, 0) is 108 Å². The second kappa shape index (κ2) is 15.6. The van der Waals surface area contributed by atoms with Crippen molar-refractivity contribution in [2.75, 3.05) is 4.90 Å². The number of benzene rings is 11. The Kier molecular flexibility index (Phi) is 9.13. The molecular formula is C63H43N. The van der Waals surface area contributed by atoms with Crippen molar-refractivity contribution in [2.24, 2.45) is 0 Å². The van der Waals surface area contributed by atoms with Crippen LogP contribution in [0.5, 0.6) is 0 Å². The molecule has 0 N–H and O–H groups in total. The molecule has 1 nitrogen and oxygen atoms in total. The molecule has 0 aliphatic heterocycles. The van der Waals surface area contributed by atoms with Gasteiger partial charge in [0, 0.05) is 22.3 Å². The molecule has 0 spiro atoms. The van der Waals surface area contributed by atoms with Crippen LogP contribution >= 0.6 is 0 Å². The first-order chi connectivity index (χ1) is 31.8. The molecular weight excluding hydrogens is 771 g/mol. The van der Waals surface area contributed by atoms with Gasteiger partial charge in [-0.25, -0.2) is 0 Å². The summed E-state index contributed by atoms with van der Waals surface area (Å²) < 4.78 is 0. The third-order valence-electron chi connectivity index (χ3n) is 13.3. The maximum atomic E-state index is 2.53. The Hall–Kier alpha value is -8.26. The Bertz CT molecular complexity index is 3430. The molecule has 11 aromatic rings. The molecule has 0 amide bonds. The summed E-state index contributed by atoms with van der Waals surface area (Å²) in [5, 5.41) is 4.86. The van der Waals surface area contributed by atoms with Crippen LogP contribution in [0, 0.1) is 0 Å². The van der Waals surface area contributed by atoms with Crippen molar-refractivity contribution in [3.05, 3.63) is 283 Å². The molecule has 300 valence electrons. The summed E-state index contributed by atoms with van der Waals surface area (Å²) in [4.78, 5) is 2.53. The monoisotopic (exact) mass is 813 g/mol. The standard InChI is InChI=1S/C63H43N/c1-5-20-44(21-6-1)46-36-38-51(39-37-46)64(52-40-41-60-58(43-52)55-32-17-18-35-59(55)63(60,49-26-9-3-10-27-49)50-28-11-4-12-29-50)62-57-34-16-14-31-54(57)53-30-13-15-33-56(53)61(62)48-25-19-24-47(42-48)45-22-7-2-8-23-45/h1-43H. The van der Waals surface area contributed by atoms with Crippen LogP contribution < -0.4 is 4.90 Å². The maximum Gasteiger partial charge on any atom is 0.0713 e. The van der Waals surface area contributed by atoms with Crippen molar-refractivity contribution in [3.63, 3.8) is 0 Å². The summed E-state index contributed by atoms with van der Waals surface area (Å²) in [6.45, 7) is 0. The topological polar surface area (TPSA) is 3.24 Å². The Morgan fingerprint density at radius 2 is 0.719 bits per heavy atom. The molecule has 0 saturated heterocycles. The van der Waals surface area contributed by atoms with Crippen LogP contribution in [0.2, 0.25) is 0 Å². The molecule has 1 aliphatic rings. The number of anilines is 3. The van der Waals surface area contributed by atoms with E-state index in [1.165, 1.54) is 88.3 Å². The van der Waals surface area contributed by atoms with Crippen LogP contribution in [0.3, 0.4) is 0 Å². The minimum absolute atomic E-state index is 0.492. The van der Waals surface area contributed by atoms with E-state index in [1.54, 1.807) is 0 Å². The van der Waals surface area contributed by atoms with E-state index in [4.69, 9.17) is 0 Å². The fourth-order valence-corrected chi connectivity index (χ4v) is 10.5. The van der Waals surface area contributed by atoms with Gasteiger partial charge in [0.1, 0.15) is 0 Å². The highest BCUT2D eigenvalue weighted by Gasteiger charge is 2.46. The normalized spacial score (nSPS) is 12.5. The molecule has 0 atom stereocenters. The van der Waals surface area contributed by atoms with Gasteiger partial charge in [-0.1, -0.05) is 231 Å². The van der Waals surface area contributed by atoms with Gasteiger partial charge in [0.2, 0.25) is 0 Å². The molecule has 0 fully saturated rings. The fourth-order valence-electron chi connectivity index (χ4n) is 10.5. The Balaban J connectivity index is 1.17. The van der Waals surface area contributed by atoms with Crippen molar-refractivity contribution in [3.8, 4) is 44.5 Å². The van der Waals surface area contributed by atoms with Gasteiger partial charge in [-0.3, -0.25) is 0 Å². The van der Waals surface area contributed by atoms with Crippen LogP contribution in [-0.2, 0) is 5.41 Å². The van der Waals surface area contributed by atoms with Crippen LogP contribution in [0.25, 0.3) is 66.1 Å². The van der Waals surface area contributed by atoms with Gasteiger partial charge < -0.3 is 4.90 Å². The minimum Gasteiger partial charge on any atom is -0.309 e. The van der Waals surface area contributed by atoms with E-state index in [-0.39, 0.29) is 0 Å². The average molecular weight is 814 g/mol. The zero-order valence-electron chi connectivity index (χ0n) is 35.3. The van der Waals surface area contributed by atoms with E-state index in [2.05, 4.69) is 266 Å². The molecule has 12 rings (SSSR count). The summed E-state index contributed by atoms with van der Waals surface area (Å²) in [6, 6.07) is 96.0. The van der Waals surface area contributed by atoms with Crippen molar-refractivity contribution >= 4 is 38.6 Å². The maximum absolute atomic E-state index is 2.53. The van der Waals surface area contributed by atoms with Crippen LogP contribution in [0.1, 0.15) is 22.3 Å². The number of hydrogen-bond acceptors (Lipinski definition) is 1. The van der Waals surface area contributed by atoms with Crippen molar-refractivity contribution in [1.82, 2.24) is 0 Å². The second-order valence-electron chi connectivity index (χ2n) is 16.8. The first-order valence-electron chi connectivity index (χ1n) is 22.2. The van der Waals surface area contributed by atoms with E-state index in [1.807, 2.05) is 0 Å². The molecule has 0 aromatic heterocycles. The van der Waals surface area contributed by atoms with E-state index < -0.39 is 5.41 Å². The zero-order chi connectivity index (χ0) is 42.5. The molecule has 64 heavy (non-hydrogen) atoms. The number of nitrogens with zero attached hydrogens (tertiary/aromatic N) is 1. The van der Waals surface area contributed by atoms with E-state index in [0.29, 0.717) is 0 Å². The highest BCUT2D eigenvalue weighted by molar-refractivity contribution is 6.22. The highest BCUT2D eigenvalue weighted by Crippen LogP contribution is 2.58. The third kappa shape index (κ3) is 6.01. The van der Waals surface area contributed by atoms with Crippen LogP contribution in [0.4, 0.5) is 17.1 Å². The third-order valence-corrected chi connectivity index (χ3v) is 13.3. The van der Waals surface area contributed by atoms with Crippen LogP contribution in [-0.4, -0.2) is 0 Å². The van der Waals surface area contributed by atoms with Gasteiger partial charge in [-0.2, -0.15) is 0 Å². The summed E-state index contributed by atoms with van der Waals surface area (Å²) in [5.74, 6) is 0. The van der Waals surface area contributed by atoms with Gasteiger partial charge in [0.05, 0.1) is 11.1 Å². The summed E-state index contributed by atoms with van der Waals surface area (Å²) in [6.07, 6.45) is 0. The fraction of sp³-hybridized carbons (Fsp3) is 0.0159. The molecule has 1 aliphatic carbocycles. The first kappa shape index (κ1) is 37.5. The lowest BCUT2D eigenvalue weighted by Gasteiger charge is -2.34. The SMILES string of the molecule is c1ccc(-c2ccc(N(c3ccc4c(c3)-c3ccccc3C4(c3ccccc3)c3ccccc3)c3c(-c4cccc(-c5ccccc5)c4)c4ccccc4c4ccccc34)cc2)cc1. The average Bonchev–Trinajstić information content (AvgIpc) is 3.68. The molecule has 11 aromatic carbocycles. The Morgan fingerprint density at radius 3 is 1.38 bits per heavy atom. The molecule has 0 radical (unpaired) electrons. The molecule has 1 heteroatoms. The number of hydrogen-bond donors (Lipinski definition) is 0. The van der Waals surface area contributed by atoms with Crippen molar-refractivity contribution in [2.45, 2.75) is 5.41 Å². The van der Waals surface area contributed by atoms with Gasteiger partial charge >= 0.3 is 0 Å². The Morgan fingerprint density at radius 1 is 0.266 bits per heavy atom. The lowest BCUT2D eigenvalue weighted by atomic mass is 9.68. The summed E-state index contributed by atoms with van der Waals surface area (Å²) >= 11 is 0. The van der Waals surface area contributed by atoms with Gasteiger partial charge in [-0.15, -0.1) is 0 Å². The summed E-state index contributed by atoms with van der Waals surface area (Å²) in [5.41, 5.74) is 17.6. The highest BCUT2D eigenvalue weighted by atomic mass is 15.1. The lowest BCUT2D eigenvalue weighted by Crippen LogP contribution is -2.28. The predicted octanol–water partition coefficient (Wildman–Crippen LogP) is 16.8. The largest absolute Gasteiger partial charge is 0.309 e.